The van der Waals surface area contributed by atoms with E-state index in [1.165, 1.54) is 0 Å². The molecule has 0 spiro atoms. The van der Waals surface area contributed by atoms with E-state index in [2.05, 4.69) is 62.7 Å². The van der Waals surface area contributed by atoms with Crippen LogP contribution in [0.15, 0.2) is 243 Å². The molecular weight excluding hydrogens is 821 g/mol. The van der Waals surface area contributed by atoms with Crippen LogP contribution in [0.2, 0.25) is 0 Å². The van der Waals surface area contributed by atoms with Crippen molar-refractivity contribution < 1.29 is 49.5 Å². The standard InChI is InChI=1S/C43H34O2.4C3H4O2/c44-43(45)42(33-29-37-22-12-4-13-23-37)41(32-28-36-20-10-3-11-21-36)40(31-27-35-18-8-2-9-19-35)39(38-24-14-5-15-25-38)30-26-34-16-6-1-7-17-34;4*1-2-3(4)5/h1-33H,(H,44,45);4*2H,1H2,(H,4,5). The Labute approximate surface area is 379 Å². The van der Waals surface area contributed by atoms with Gasteiger partial charge in [0, 0.05) is 24.3 Å². The summed E-state index contributed by atoms with van der Waals surface area (Å²) in [5.41, 5.74) is 7.36. The third-order valence-corrected chi connectivity index (χ3v) is 7.85. The molecule has 0 atom stereocenters. The highest BCUT2D eigenvalue weighted by atomic mass is 16.4. The molecule has 5 rings (SSSR count). The Bertz CT molecular complexity index is 2420. The van der Waals surface area contributed by atoms with E-state index in [4.69, 9.17) is 20.4 Å². The minimum atomic E-state index is -1.01. The highest BCUT2D eigenvalue weighted by Gasteiger charge is 2.17. The summed E-state index contributed by atoms with van der Waals surface area (Å²) in [6, 6.07) is 49.9. The zero-order valence-electron chi connectivity index (χ0n) is 35.5. The maximum absolute atomic E-state index is 13.1. The topological polar surface area (TPSA) is 186 Å². The highest BCUT2D eigenvalue weighted by Crippen LogP contribution is 2.32. The number of benzene rings is 5. The number of carbonyl (C=O) groups is 5. The molecule has 0 saturated heterocycles. The molecule has 0 unspecified atom stereocenters. The molecule has 0 radical (unpaired) electrons. The smallest absolute Gasteiger partial charge is 0.336 e. The molecule has 0 fully saturated rings. The average Bonchev–Trinajstić information content (AvgIpc) is 3.33. The molecule has 0 heterocycles. The lowest BCUT2D eigenvalue weighted by atomic mass is 9.89. The number of carboxylic acids is 5. The Kier molecular flexibility index (Phi) is 27.0. The quantitative estimate of drug-likeness (QED) is 0.0500. The van der Waals surface area contributed by atoms with Crippen molar-refractivity contribution in [2.45, 2.75) is 0 Å². The molecule has 0 aliphatic carbocycles. The summed E-state index contributed by atoms with van der Waals surface area (Å²) in [5.74, 6) is -4.94. The van der Waals surface area contributed by atoms with Crippen molar-refractivity contribution in [2.75, 3.05) is 0 Å². The third kappa shape index (κ3) is 24.6. The van der Waals surface area contributed by atoms with Gasteiger partial charge in [-0.2, -0.15) is 0 Å². The van der Waals surface area contributed by atoms with Crippen LogP contribution in [0.3, 0.4) is 0 Å². The summed E-state index contributed by atoms with van der Waals surface area (Å²) in [6.07, 6.45) is 19.0. The van der Waals surface area contributed by atoms with Gasteiger partial charge in [0.2, 0.25) is 0 Å². The van der Waals surface area contributed by atoms with E-state index in [-0.39, 0.29) is 5.57 Å². The Morgan fingerprint density at radius 1 is 0.323 bits per heavy atom. The van der Waals surface area contributed by atoms with E-state index < -0.39 is 29.8 Å². The maximum atomic E-state index is 13.1. The van der Waals surface area contributed by atoms with Gasteiger partial charge in [0.1, 0.15) is 0 Å². The number of hydrogen-bond acceptors (Lipinski definition) is 5. The number of allylic oxidation sites excluding steroid dienone is 6. The van der Waals surface area contributed by atoms with Gasteiger partial charge in [-0.1, -0.05) is 221 Å². The summed E-state index contributed by atoms with van der Waals surface area (Å²) in [5, 5.41) is 41.1. The molecular formula is C55H50O10. The lowest BCUT2D eigenvalue weighted by molar-refractivity contribution is -0.133. The number of aliphatic carboxylic acids is 5. The molecule has 330 valence electrons. The maximum Gasteiger partial charge on any atom is 0.336 e. The van der Waals surface area contributed by atoms with E-state index in [9.17, 15) is 29.1 Å². The van der Waals surface area contributed by atoms with Crippen molar-refractivity contribution in [2.24, 2.45) is 0 Å². The van der Waals surface area contributed by atoms with Gasteiger partial charge < -0.3 is 25.5 Å². The molecule has 5 N–H and O–H groups in total. The van der Waals surface area contributed by atoms with E-state index in [1.54, 1.807) is 6.08 Å². The van der Waals surface area contributed by atoms with E-state index in [0.717, 1.165) is 63.3 Å². The number of hydrogen-bond donors (Lipinski definition) is 5. The van der Waals surface area contributed by atoms with Crippen molar-refractivity contribution in [3.05, 3.63) is 271 Å². The third-order valence-electron chi connectivity index (χ3n) is 7.85. The fraction of sp³-hybridized carbons (Fsp3) is 0. The van der Waals surface area contributed by atoms with Crippen molar-refractivity contribution in [1.82, 2.24) is 0 Å². The van der Waals surface area contributed by atoms with Crippen molar-refractivity contribution in [3.8, 4) is 0 Å². The molecule has 0 aliphatic heterocycles. The Hall–Kier alpha value is -9.15. The van der Waals surface area contributed by atoms with Gasteiger partial charge in [-0.25, -0.2) is 24.0 Å². The molecule has 5 aromatic rings. The van der Waals surface area contributed by atoms with Gasteiger partial charge in [0.05, 0.1) is 5.57 Å². The molecule has 10 nitrogen and oxygen atoms in total. The molecule has 10 heteroatoms. The average molecular weight is 871 g/mol. The van der Waals surface area contributed by atoms with Crippen LogP contribution in [0.5, 0.6) is 0 Å². The second-order valence-corrected chi connectivity index (χ2v) is 12.5. The molecule has 0 aliphatic rings. The summed E-state index contributed by atoms with van der Waals surface area (Å²) in [4.78, 5) is 50.1. The van der Waals surface area contributed by atoms with Crippen molar-refractivity contribution >= 4 is 59.7 Å². The monoisotopic (exact) mass is 870 g/mol. The normalized spacial score (nSPS) is 11.0. The van der Waals surface area contributed by atoms with Crippen LogP contribution in [0.1, 0.15) is 27.8 Å². The molecule has 0 aromatic heterocycles. The van der Waals surface area contributed by atoms with Gasteiger partial charge in [-0.05, 0) is 50.6 Å². The van der Waals surface area contributed by atoms with Crippen LogP contribution >= 0.6 is 0 Å². The number of rotatable bonds is 15. The zero-order chi connectivity index (χ0) is 48.2. The predicted molar refractivity (Wildman–Crippen MR) is 261 cm³/mol. The molecule has 0 amide bonds. The Morgan fingerprint density at radius 2 is 0.554 bits per heavy atom. The van der Waals surface area contributed by atoms with Gasteiger partial charge in [-0.3, -0.25) is 0 Å². The minimum absolute atomic E-state index is 0.181. The molecule has 0 bridgehead atoms. The predicted octanol–water partition coefficient (Wildman–Crippen LogP) is 11.7. The van der Waals surface area contributed by atoms with Crippen LogP contribution in [0.4, 0.5) is 0 Å². The summed E-state index contributed by atoms with van der Waals surface area (Å²) in [6.45, 7) is 11.8. The summed E-state index contributed by atoms with van der Waals surface area (Å²) in [7, 11) is 0. The first kappa shape index (κ1) is 53.9. The second-order valence-electron chi connectivity index (χ2n) is 12.5. The van der Waals surface area contributed by atoms with Crippen LogP contribution in [-0.2, 0) is 24.0 Å². The Balaban J connectivity index is 0.000000883. The van der Waals surface area contributed by atoms with Gasteiger partial charge in [0.25, 0.3) is 0 Å². The van der Waals surface area contributed by atoms with Crippen LogP contribution in [0, 0.1) is 0 Å². The van der Waals surface area contributed by atoms with Gasteiger partial charge in [0.15, 0.2) is 0 Å². The van der Waals surface area contributed by atoms with Crippen LogP contribution in [-0.4, -0.2) is 55.4 Å². The van der Waals surface area contributed by atoms with Crippen molar-refractivity contribution in [1.29, 1.82) is 0 Å². The first-order chi connectivity index (χ1) is 31.3. The second kappa shape index (κ2) is 32.6. The Morgan fingerprint density at radius 3 is 0.815 bits per heavy atom. The first-order valence-electron chi connectivity index (χ1n) is 19.4. The van der Waals surface area contributed by atoms with Crippen LogP contribution in [0.25, 0.3) is 29.9 Å². The van der Waals surface area contributed by atoms with Crippen LogP contribution < -0.4 is 0 Å². The van der Waals surface area contributed by atoms with E-state index in [1.807, 2.05) is 158 Å². The van der Waals surface area contributed by atoms with Gasteiger partial charge in [-0.15, -0.1) is 0 Å². The molecule has 0 saturated carbocycles. The van der Waals surface area contributed by atoms with E-state index >= 15 is 0 Å². The zero-order valence-corrected chi connectivity index (χ0v) is 35.5. The van der Waals surface area contributed by atoms with E-state index in [0.29, 0.717) is 5.57 Å². The molecule has 65 heavy (non-hydrogen) atoms. The highest BCUT2D eigenvalue weighted by molar-refractivity contribution is 5.97. The van der Waals surface area contributed by atoms with Gasteiger partial charge >= 0.3 is 29.8 Å². The fourth-order valence-corrected chi connectivity index (χ4v) is 4.86. The largest absolute Gasteiger partial charge is 0.478 e. The summed E-state index contributed by atoms with van der Waals surface area (Å²) < 4.78 is 0. The first-order valence-corrected chi connectivity index (χ1v) is 19.4. The van der Waals surface area contributed by atoms with Crippen molar-refractivity contribution in [3.63, 3.8) is 0 Å². The fourth-order valence-electron chi connectivity index (χ4n) is 4.86. The molecule has 5 aromatic carbocycles. The lowest BCUT2D eigenvalue weighted by Crippen LogP contribution is -2.04. The minimum Gasteiger partial charge on any atom is -0.478 e. The number of carboxylic acid groups (broad SMARTS) is 5. The SMILES string of the molecule is C=CC(=O)O.C=CC(=O)O.C=CC(=O)O.C=CC(=O)O.O=C(O)C(C=Cc1ccccc1)=C(C=Cc1ccccc1)C(C=Cc1ccccc1)=C(C=Cc1ccccc1)c1ccccc1. The lowest BCUT2D eigenvalue weighted by Gasteiger charge is -2.15. The summed E-state index contributed by atoms with van der Waals surface area (Å²) >= 11 is 0.